The molecule has 1 atom stereocenters. The minimum absolute atomic E-state index is 0.272. The number of anilines is 1. The lowest BCUT2D eigenvalue weighted by atomic mass is 9.99. The van der Waals surface area contributed by atoms with Crippen molar-refractivity contribution in [2.24, 2.45) is 4.99 Å². The third kappa shape index (κ3) is 3.28. The van der Waals surface area contributed by atoms with E-state index in [9.17, 15) is 9.30 Å². The van der Waals surface area contributed by atoms with E-state index < -0.39 is 0 Å². The van der Waals surface area contributed by atoms with Crippen molar-refractivity contribution in [3.05, 3.63) is 64.3 Å². The van der Waals surface area contributed by atoms with Crippen LogP contribution in [0.3, 0.4) is 0 Å². The molecule has 0 spiro atoms. The highest BCUT2D eigenvalue weighted by Crippen LogP contribution is 2.29. The molecule has 0 bridgehead atoms. The minimum atomic E-state index is -0.383. The molecule has 1 N–H and O–H groups in total. The predicted octanol–water partition coefficient (Wildman–Crippen LogP) is 4.17. The molecular weight excluding hydrogens is 341 g/mol. The second-order valence-electron chi connectivity index (χ2n) is 5.54. The first-order valence-electron chi connectivity index (χ1n) is 7.84. The van der Waals surface area contributed by atoms with Crippen molar-refractivity contribution < 1.29 is 14.2 Å². The molecule has 0 amide bonds. The van der Waals surface area contributed by atoms with Gasteiger partial charge in [0.25, 0.3) is 4.92 Å². The predicted molar refractivity (Wildman–Crippen MR) is 99.1 cm³/mol. The number of benzodiazepines with no additional fused rings is 1. The molecule has 2 aromatic carbocycles. The Morgan fingerprint density at radius 3 is 2.72 bits per heavy atom. The van der Waals surface area contributed by atoms with E-state index in [0.29, 0.717) is 38.9 Å². The number of aliphatic imine (C=N–C) groups is 1. The van der Waals surface area contributed by atoms with Crippen LogP contribution in [0, 0.1) is 10.7 Å². The van der Waals surface area contributed by atoms with Crippen LogP contribution < -0.4 is 5.32 Å². The molecular formula is C18H17FN3O2S+. The fraction of sp³-hybridized carbons (Fsp3) is 0.222. The van der Waals surface area contributed by atoms with E-state index >= 15 is 0 Å². The number of rotatable bonds is 4. The van der Waals surface area contributed by atoms with Gasteiger partial charge in [-0.2, -0.15) is 0 Å². The summed E-state index contributed by atoms with van der Waals surface area (Å²) in [5.74, 6) is -0.383. The number of thiocarbonyl (C=S) groups is 1. The summed E-state index contributed by atoms with van der Waals surface area (Å²) in [6, 6.07) is 11.1. The zero-order chi connectivity index (χ0) is 18.0. The van der Waals surface area contributed by atoms with E-state index in [-0.39, 0.29) is 17.5 Å². The Bertz CT molecular complexity index is 882. The first-order valence-corrected chi connectivity index (χ1v) is 8.25. The van der Waals surface area contributed by atoms with Crippen LogP contribution in [-0.2, 0) is 4.84 Å². The Balaban J connectivity index is 2.25. The Morgan fingerprint density at radius 2 is 2.04 bits per heavy atom. The monoisotopic (exact) mass is 358 g/mol. The molecule has 2 aromatic rings. The van der Waals surface area contributed by atoms with Crippen molar-refractivity contribution in [3.63, 3.8) is 0 Å². The summed E-state index contributed by atoms with van der Waals surface area (Å²) >= 11 is 5.42. The standard InChI is InChI=1S/C18H16FN3O2S/c1-3-15-18(25)21-16-9-8-11(22(23)24-2)10-13(16)17(20-15)12-6-4-5-7-14(12)19/h4-10,15H,3H2,1-2H3/p+1. The van der Waals surface area contributed by atoms with Crippen LogP contribution in [0.5, 0.6) is 0 Å². The van der Waals surface area contributed by atoms with E-state index in [0.717, 1.165) is 0 Å². The Labute approximate surface area is 150 Å². The zero-order valence-corrected chi connectivity index (χ0v) is 14.6. The van der Waals surface area contributed by atoms with Gasteiger partial charge in [-0.3, -0.25) is 4.99 Å². The second-order valence-corrected chi connectivity index (χ2v) is 5.98. The van der Waals surface area contributed by atoms with Gasteiger partial charge in [0.1, 0.15) is 16.8 Å². The van der Waals surface area contributed by atoms with Crippen LogP contribution in [0.25, 0.3) is 0 Å². The lowest BCUT2D eigenvalue weighted by molar-refractivity contribution is -0.736. The molecule has 0 saturated carbocycles. The third-order valence-corrected chi connectivity index (χ3v) is 4.37. The van der Waals surface area contributed by atoms with Crippen LogP contribution >= 0.6 is 12.2 Å². The summed E-state index contributed by atoms with van der Waals surface area (Å²) in [6.45, 7) is 1.97. The average molecular weight is 358 g/mol. The summed E-state index contributed by atoms with van der Waals surface area (Å²) in [5.41, 5.74) is 2.38. The van der Waals surface area contributed by atoms with Gasteiger partial charge in [0.05, 0.1) is 10.6 Å². The molecule has 3 rings (SSSR count). The number of nitrogens with one attached hydrogen (secondary N) is 1. The maximum Gasteiger partial charge on any atom is 0.317 e. The fourth-order valence-electron chi connectivity index (χ4n) is 2.70. The van der Waals surface area contributed by atoms with E-state index in [1.54, 1.807) is 36.4 Å². The SMILES string of the molecule is CCC1N=C(c2ccccc2F)c2cc([N+](=O)OC)ccc2NC1=S. The van der Waals surface area contributed by atoms with Gasteiger partial charge in [-0.05, 0) is 24.6 Å². The molecule has 0 fully saturated rings. The van der Waals surface area contributed by atoms with Gasteiger partial charge in [0, 0.05) is 28.9 Å². The molecule has 7 heteroatoms. The zero-order valence-electron chi connectivity index (χ0n) is 13.8. The van der Waals surface area contributed by atoms with Gasteiger partial charge in [-0.25, -0.2) is 9.23 Å². The molecule has 0 aliphatic carbocycles. The number of hydrogen-bond donors (Lipinski definition) is 1. The average Bonchev–Trinajstić information content (AvgIpc) is 2.76. The molecule has 0 aromatic heterocycles. The van der Waals surface area contributed by atoms with E-state index in [1.807, 2.05) is 6.92 Å². The quantitative estimate of drug-likeness (QED) is 0.658. The van der Waals surface area contributed by atoms with Gasteiger partial charge in [0.15, 0.2) is 7.11 Å². The molecule has 1 unspecified atom stereocenters. The molecule has 0 saturated heterocycles. The first-order chi connectivity index (χ1) is 12.0. The van der Waals surface area contributed by atoms with Crippen molar-refractivity contribution >= 4 is 34.3 Å². The lowest BCUT2D eigenvalue weighted by Gasteiger charge is -2.10. The van der Waals surface area contributed by atoms with Gasteiger partial charge >= 0.3 is 5.69 Å². The van der Waals surface area contributed by atoms with Gasteiger partial charge < -0.3 is 5.32 Å². The van der Waals surface area contributed by atoms with Crippen LogP contribution in [0.2, 0.25) is 0 Å². The third-order valence-electron chi connectivity index (χ3n) is 4.00. The highest BCUT2D eigenvalue weighted by atomic mass is 32.1. The van der Waals surface area contributed by atoms with Crippen LogP contribution in [-0.4, -0.2) is 28.8 Å². The Kier molecular flexibility index (Phi) is 4.85. The summed E-state index contributed by atoms with van der Waals surface area (Å²) < 4.78 is 14.4. The highest BCUT2D eigenvalue weighted by molar-refractivity contribution is 7.80. The number of nitrogens with zero attached hydrogens (tertiary/aromatic N) is 2. The maximum atomic E-state index is 14.4. The number of hydrogen-bond acceptors (Lipinski definition) is 4. The second kappa shape index (κ2) is 7.06. The largest absolute Gasteiger partial charge is 0.348 e. The molecule has 25 heavy (non-hydrogen) atoms. The first kappa shape index (κ1) is 17.2. The molecule has 1 aliphatic rings. The van der Waals surface area contributed by atoms with E-state index in [1.165, 1.54) is 13.2 Å². The van der Waals surface area contributed by atoms with Crippen molar-refractivity contribution in [1.29, 1.82) is 0 Å². The van der Waals surface area contributed by atoms with Gasteiger partial charge in [-0.1, -0.05) is 31.3 Å². The van der Waals surface area contributed by atoms with E-state index in [2.05, 4.69) is 10.3 Å². The van der Waals surface area contributed by atoms with Crippen molar-refractivity contribution in [1.82, 2.24) is 0 Å². The Morgan fingerprint density at radius 1 is 1.28 bits per heavy atom. The summed E-state index contributed by atoms with van der Waals surface area (Å²) in [6.07, 6.45) is 0.677. The van der Waals surface area contributed by atoms with Crippen molar-refractivity contribution in [3.8, 4) is 0 Å². The van der Waals surface area contributed by atoms with Crippen molar-refractivity contribution in [2.45, 2.75) is 19.4 Å². The van der Waals surface area contributed by atoms with Crippen LogP contribution in [0.15, 0.2) is 47.5 Å². The number of fused-ring (bicyclic) bond motifs is 1. The summed E-state index contributed by atoms with van der Waals surface area (Å²) in [5, 5.41) is 3.16. The smallest absolute Gasteiger partial charge is 0.317 e. The molecule has 1 aliphatic heterocycles. The fourth-order valence-corrected chi connectivity index (χ4v) is 3.03. The van der Waals surface area contributed by atoms with Gasteiger partial charge in [-0.15, -0.1) is 0 Å². The number of benzene rings is 2. The Hall–Kier alpha value is -2.67. The molecule has 5 nitrogen and oxygen atoms in total. The summed E-state index contributed by atoms with van der Waals surface area (Å²) in [7, 11) is 1.28. The minimum Gasteiger partial charge on any atom is -0.348 e. The maximum absolute atomic E-state index is 14.4. The molecule has 1 heterocycles. The lowest BCUT2D eigenvalue weighted by Crippen LogP contribution is -2.22. The van der Waals surface area contributed by atoms with Crippen LogP contribution in [0.1, 0.15) is 24.5 Å². The number of halogens is 1. The van der Waals surface area contributed by atoms with E-state index in [4.69, 9.17) is 17.1 Å². The van der Waals surface area contributed by atoms with Crippen LogP contribution in [0.4, 0.5) is 15.8 Å². The molecule has 128 valence electrons. The summed E-state index contributed by atoms with van der Waals surface area (Å²) in [4.78, 5) is 22.2. The van der Waals surface area contributed by atoms with Crippen molar-refractivity contribution in [2.75, 3.05) is 12.4 Å². The normalized spacial score (nSPS) is 16.4. The molecule has 0 radical (unpaired) electrons. The highest BCUT2D eigenvalue weighted by Gasteiger charge is 2.27. The van der Waals surface area contributed by atoms with Gasteiger partial charge in [0.2, 0.25) is 0 Å². The topological polar surface area (TPSA) is 53.7 Å².